The molecule has 0 amide bonds. The van der Waals surface area contributed by atoms with Gasteiger partial charge >= 0.3 is 11.9 Å². The Morgan fingerprint density at radius 1 is 1.15 bits per heavy atom. The Morgan fingerprint density at radius 3 is 2.30 bits per heavy atom. The fourth-order valence-electron chi connectivity index (χ4n) is 2.79. The first-order chi connectivity index (χ1) is 13.8. The van der Waals surface area contributed by atoms with Gasteiger partial charge in [0.1, 0.15) is 18.3 Å². The number of carboxylic acid groups (broad SMARTS) is 1. The molecule has 1 aromatic carbocycles. The van der Waals surface area contributed by atoms with Crippen LogP contribution in [-0.4, -0.2) is 63.1 Å². The van der Waals surface area contributed by atoms with Crippen LogP contribution in [0.25, 0.3) is 0 Å². The SMILES string of the molecule is [2H]C([2H])([2H])C(C(=O)O[C@H]1O[C@@H](C(=O)O)[C@H](O)[C@@H](O)[C@@H]1O)c1ccc(CC(C)C)cc1. The van der Waals surface area contributed by atoms with E-state index in [-0.39, 0.29) is 5.56 Å². The van der Waals surface area contributed by atoms with Crippen molar-refractivity contribution in [2.24, 2.45) is 5.92 Å². The maximum atomic E-state index is 12.7. The molecular formula is C19H26O8. The monoisotopic (exact) mass is 385 g/mol. The zero-order valence-electron chi connectivity index (χ0n) is 18.0. The molecule has 150 valence electrons. The Hall–Kier alpha value is -2.00. The number of hydrogen-bond acceptors (Lipinski definition) is 7. The molecule has 0 aliphatic carbocycles. The van der Waals surface area contributed by atoms with Crippen LogP contribution in [0.1, 0.15) is 41.9 Å². The van der Waals surface area contributed by atoms with E-state index >= 15 is 0 Å². The van der Waals surface area contributed by atoms with Crippen molar-refractivity contribution in [2.45, 2.75) is 63.7 Å². The molecule has 27 heavy (non-hydrogen) atoms. The van der Waals surface area contributed by atoms with Gasteiger partial charge in [0.2, 0.25) is 6.29 Å². The third-order valence-corrected chi connectivity index (χ3v) is 4.24. The molecule has 0 aromatic heterocycles. The normalized spacial score (nSPS) is 31.5. The topological polar surface area (TPSA) is 134 Å². The summed E-state index contributed by atoms with van der Waals surface area (Å²) in [7, 11) is 0. The predicted molar refractivity (Wildman–Crippen MR) is 93.8 cm³/mol. The molecule has 1 aromatic rings. The first-order valence-corrected chi connectivity index (χ1v) is 8.54. The second-order valence-corrected chi connectivity index (χ2v) is 6.94. The molecule has 0 saturated carbocycles. The third-order valence-electron chi connectivity index (χ3n) is 4.24. The molecule has 2 rings (SSSR count). The molecule has 0 bridgehead atoms. The Labute approximate surface area is 161 Å². The van der Waals surface area contributed by atoms with Crippen molar-refractivity contribution in [2.75, 3.05) is 0 Å². The molecule has 1 heterocycles. The number of aliphatic hydroxyl groups excluding tert-OH is 3. The van der Waals surface area contributed by atoms with Crippen LogP contribution in [-0.2, 0) is 25.5 Å². The number of rotatable bonds is 6. The maximum Gasteiger partial charge on any atom is 0.335 e. The molecule has 4 N–H and O–H groups in total. The van der Waals surface area contributed by atoms with E-state index in [1.807, 2.05) is 13.8 Å². The van der Waals surface area contributed by atoms with Crippen LogP contribution in [0.15, 0.2) is 24.3 Å². The number of carboxylic acids is 1. The van der Waals surface area contributed by atoms with Crippen LogP contribution >= 0.6 is 0 Å². The van der Waals surface area contributed by atoms with Crippen LogP contribution in [0.3, 0.4) is 0 Å². The van der Waals surface area contributed by atoms with Gasteiger partial charge in [0, 0.05) is 4.11 Å². The molecule has 1 unspecified atom stereocenters. The number of esters is 1. The summed E-state index contributed by atoms with van der Waals surface area (Å²) in [4.78, 5) is 23.8. The van der Waals surface area contributed by atoms with Crippen molar-refractivity contribution >= 4 is 11.9 Å². The van der Waals surface area contributed by atoms with E-state index < -0.39 is 55.4 Å². The summed E-state index contributed by atoms with van der Waals surface area (Å²) in [5.74, 6) is -4.28. The quantitative estimate of drug-likeness (QED) is 0.518. The fraction of sp³-hybridized carbons (Fsp3) is 0.579. The Balaban J connectivity index is 2.24. The second kappa shape index (κ2) is 8.79. The average molecular weight is 385 g/mol. The first-order valence-electron chi connectivity index (χ1n) is 10.0. The van der Waals surface area contributed by atoms with Gasteiger partial charge in [-0.3, -0.25) is 4.79 Å². The molecule has 6 atom stereocenters. The van der Waals surface area contributed by atoms with E-state index in [1.54, 1.807) is 12.1 Å². The van der Waals surface area contributed by atoms with Gasteiger partial charge in [-0.2, -0.15) is 0 Å². The van der Waals surface area contributed by atoms with Gasteiger partial charge in [-0.15, -0.1) is 0 Å². The summed E-state index contributed by atoms with van der Waals surface area (Å²) >= 11 is 0. The van der Waals surface area contributed by atoms with Gasteiger partial charge in [0.05, 0.1) is 5.92 Å². The zero-order valence-corrected chi connectivity index (χ0v) is 15.0. The van der Waals surface area contributed by atoms with Gasteiger partial charge in [0.25, 0.3) is 0 Å². The van der Waals surface area contributed by atoms with Crippen molar-refractivity contribution in [3.63, 3.8) is 0 Å². The molecule has 1 aliphatic heterocycles. The molecule has 8 nitrogen and oxygen atoms in total. The fourth-order valence-corrected chi connectivity index (χ4v) is 2.79. The lowest BCUT2D eigenvalue weighted by molar-refractivity contribution is -0.286. The van der Waals surface area contributed by atoms with Crippen molar-refractivity contribution < 1.29 is 43.6 Å². The highest BCUT2D eigenvalue weighted by Gasteiger charge is 2.48. The Bertz CT molecular complexity index is 749. The number of aliphatic hydroxyl groups is 3. The van der Waals surface area contributed by atoms with Crippen molar-refractivity contribution in [3.8, 4) is 0 Å². The Kier molecular flexibility index (Phi) is 5.58. The van der Waals surface area contributed by atoms with Crippen LogP contribution < -0.4 is 0 Å². The lowest BCUT2D eigenvalue weighted by atomic mass is 9.96. The van der Waals surface area contributed by atoms with E-state index in [0.717, 1.165) is 12.0 Å². The van der Waals surface area contributed by atoms with Gasteiger partial charge in [0.15, 0.2) is 6.10 Å². The molecule has 1 aliphatic rings. The molecule has 1 fully saturated rings. The maximum absolute atomic E-state index is 12.7. The van der Waals surface area contributed by atoms with Crippen LogP contribution in [0.4, 0.5) is 0 Å². The second-order valence-electron chi connectivity index (χ2n) is 6.94. The van der Waals surface area contributed by atoms with E-state index in [0.29, 0.717) is 5.92 Å². The molecule has 0 radical (unpaired) electrons. The third kappa shape index (κ3) is 5.04. The highest BCUT2D eigenvalue weighted by molar-refractivity contribution is 5.78. The van der Waals surface area contributed by atoms with Crippen molar-refractivity contribution in [1.29, 1.82) is 0 Å². The van der Waals surface area contributed by atoms with Gasteiger partial charge in [-0.05, 0) is 30.3 Å². The summed E-state index contributed by atoms with van der Waals surface area (Å²) in [6.07, 6.45) is -9.07. The number of benzene rings is 1. The smallest absolute Gasteiger partial charge is 0.335 e. The lowest BCUT2D eigenvalue weighted by Crippen LogP contribution is -2.60. The highest BCUT2D eigenvalue weighted by atomic mass is 16.7. The van der Waals surface area contributed by atoms with Gasteiger partial charge in [-0.25, -0.2) is 4.79 Å². The minimum atomic E-state index is -2.80. The summed E-state index contributed by atoms with van der Waals surface area (Å²) in [6.45, 7) is 1.25. The van der Waals surface area contributed by atoms with Crippen molar-refractivity contribution in [3.05, 3.63) is 35.4 Å². The number of carbonyl (C=O) groups is 2. The summed E-state index contributed by atoms with van der Waals surface area (Å²) in [5.41, 5.74) is 1.10. The number of carbonyl (C=O) groups excluding carboxylic acids is 1. The van der Waals surface area contributed by atoms with Crippen LogP contribution in [0.5, 0.6) is 0 Å². The van der Waals surface area contributed by atoms with E-state index in [2.05, 4.69) is 0 Å². The van der Waals surface area contributed by atoms with Crippen LogP contribution in [0, 0.1) is 5.92 Å². The summed E-state index contributed by atoms with van der Waals surface area (Å²) in [6, 6.07) is 6.39. The minimum absolute atomic E-state index is 0.146. The van der Waals surface area contributed by atoms with E-state index in [9.17, 15) is 24.9 Å². The zero-order chi connectivity index (χ0) is 22.8. The van der Waals surface area contributed by atoms with Gasteiger partial charge in [-0.1, -0.05) is 38.1 Å². The highest BCUT2D eigenvalue weighted by Crippen LogP contribution is 2.25. The average Bonchev–Trinajstić information content (AvgIpc) is 2.62. The van der Waals surface area contributed by atoms with Crippen LogP contribution in [0.2, 0.25) is 0 Å². The lowest BCUT2D eigenvalue weighted by Gasteiger charge is -2.38. The first kappa shape index (κ1) is 17.1. The molecule has 8 heteroatoms. The standard InChI is InChI=1S/C19H26O8/c1-9(2)8-11-4-6-12(7-5-11)10(3)18(25)27-19-15(22)13(20)14(21)16(26-19)17(23)24/h4-7,9-10,13-16,19-22H,8H2,1-3H3,(H,23,24)/t10?,13-,14-,15+,16-,19-/m1/s1/i3D3. The number of ether oxygens (including phenoxy) is 2. The van der Waals surface area contributed by atoms with E-state index in [1.165, 1.54) is 12.1 Å². The Morgan fingerprint density at radius 2 is 1.78 bits per heavy atom. The number of hydrogen-bond donors (Lipinski definition) is 4. The number of aliphatic carboxylic acids is 1. The van der Waals surface area contributed by atoms with E-state index in [4.69, 9.17) is 18.7 Å². The van der Waals surface area contributed by atoms with Crippen molar-refractivity contribution in [1.82, 2.24) is 0 Å². The summed E-state index contributed by atoms with van der Waals surface area (Å²) < 4.78 is 33.0. The largest absolute Gasteiger partial charge is 0.479 e. The molecule has 0 spiro atoms. The summed E-state index contributed by atoms with van der Waals surface area (Å²) in [5, 5.41) is 38.6. The molecule has 1 saturated heterocycles. The minimum Gasteiger partial charge on any atom is -0.479 e. The molecular weight excluding hydrogens is 356 g/mol. The predicted octanol–water partition coefficient (Wildman–Crippen LogP) is 0.424. The van der Waals surface area contributed by atoms with Gasteiger partial charge < -0.3 is 29.9 Å².